The predicted molar refractivity (Wildman–Crippen MR) is 69.7 cm³/mol. The molecular weight excluding hydrogens is 188 g/mol. The lowest BCUT2D eigenvalue weighted by Gasteiger charge is -2.10. The van der Waals surface area contributed by atoms with Gasteiger partial charge in [0.2, 0.25) is 0 Å². The SMILES string of the molecule is C=CC(=C)CCCCC(C)SC(=C)C. The van der Waals surface area contributed by atoms with E-state index in [0.29, 0.717) is 5.25 Å². The second kappa shape index (κ2) is 7.93. The highest BCUT2D eigenvalue weighted by Gasteiger charge is 2.02. The number of thioether (sulfide) groups is 1. The summed E-state index contributed by atoms with van der Waals surface area (Å²) >= 11 is 1.88. The predicted octanol–water partition coefficient (Wildman–Crippen LogP) is 4.94. The fraction of sp³-hybridized carbons (Fsp3) is 0.538. The lowest BCUT2D eigenvalue weighted by Crippen LogP contribution is -1.95. The first kappa shape index (κ1) is 13.6. The van der Waals surface area contributed by atoms with Gasteiger partial charge in [-0.15, -0.1) is 11.8 Å². The Morgan fingerprint density at radius 2 is 2.00 bits per heavy atom. The average molecular weight is 210 g/mol. The molecule has 0 bridgehead atoms. The molecule has 1 unspecified atom stereocenters. The van der Waals surface area contributed by atoms with E-state index < -0.39 is 0 Å². The molecule has 0 spiro atoms. The fourth-order valence-electron chi connectivity index (χ4n) is 1.29. The molecule has 1 atom stereocenters. The van der Waals surface area contributed by atoms with Crippen molar-refractivity contribution in [3.63, 3.8) is 0 Å². The summed E-state index contributed by atoms with van der Waals surface area (Å²) in [7, 11) is 0. The van der Waals surface area contributed by atoms with Crippen molar-refractivity contribution in [3.8, 4) is 0 Å². The van der Waals surface area contributed by atoms with Crippen LogP contribution < -0.4 is 0 Å². The zero-order chi connectivity index (χ0) is 11.0. The van der Waals surface area contributed by atoms with Crippen LogP contribution in [0.15, 0.2) is 36.3 Å². The van der Waals surface area contributed by atoms with E-state index in [0.717, 1.165) is 12.0 Å². The first-order valence-corrected chi connectivity index (χ1v) is 6.06. The maximum absolute atomic E-state index is 3.90. The topological polar surface area (TPSA) is 0 Å². The fourth-order valence-corrected chi connectivity index (χ4v) is 2.26. The van der Waals surface area contributed by atoms with Gasteiger partial charge in [0.05, 0.1) is 0 Å². The lowest BCUT2D eigenvalue weighted by atomic mass is 10.1. The Hall–Kier alpha value is -0.430. The summed E-state index contributed by atoms with van der Waals surface area (Å²) in [4.78, 5) is 1.22. The van der Waals surface area contributed by atoms with Gasteiger partial charge < -0.3 is 0 Å². The van der Waals surface area contributed by atoms with Crippen LogP contribution in [0.3, 0.4) is 0 Å². The molecule has 1 heteroatoms. The van der Waals surface area contributed by atoms with Crippen LogP contribution in [0.2, 0.25) is 0 Å². The van der Waals surface area contributed by atoms with Crippen LogP contribution in [0.5, 0.6) is 0 Å². The summed E-state index contributed by atoms with van der Waals surface area (Å²) in [5.74, 6) is 0. The Kier molecular flexibility index (Phi) is 7.68. The quantitative estimate of drug-likeness (QED) is 0.404. The van der Waals surface area contributed by atoms with Gasteiger partial charge in [-0.1, -0.05) is 44.7 Å². The van der Waals surface area contributed by atoms with Crippen molar-refractivity contribution in [2.75, 3.05) is 0 Å². The third kappa shape index (κ3) is 8.18. The molecule has 0 aliphatic carbocycles. The van der Waals surface area contributed by atoms with Crippen molar-refractivity contribution in [1.82, 2.24) is 0 Å². The van der Waals surface area contributed by atoms with Gasteiger partial charge in [0.15, 0.2) is 0 Å². The Bertz CT molecular complexity index is 203. The van der Waals surface area contributed by atoms with E-state index in [-0.39, 0.29) is 0 Å². The summed E-state index contributed by atoms with van der Waals surface area (Å²) in [6.45, 7) is 15.8. The van der Waals surface area contributed by atoms with Crippen LogP contribution in [0.1, 0.15) is 39.5 Å². The summed E-state index contributed by atoms with van der Waals surface area (Å²) in [6, 6.07) is 0. The Balaban J connectivity index is 3.40. The van der Waals surface area contributed by atoms with Crippen molar-refractivity contribution in [3.05, 3.63) is 36.3 Å². The van der Waals surface area contributed by atoms with Gasteiger partial charge in [0, 0.05) is 5.25 Å². The maximum Gasteiger partial charge on any atom is 0.00625 e. The first-order valence-electron chi connectivity index (χ1n) is 5.18. The zero-order valence-corrected chi connectivity index (χ0v) is 10.3. The van der Waals surface area contributed by atoms with E-state index in [1.807, 2.05) is 17.8 Å². The molecule has 80 valence electrons. The molecule has 0 rings (SSSR count). The molecule has 0 aromatic carbocycles. The Morgan fingerprint density at radius 1 is 1.36 bits per heavy atom. The summed E-state index contributed by atoms with van der Waals surface area (Å²) in [5.41, 5.74) is 1.16. The molecule has 0 heterocycles. The van der Waals surface area contributed by atoms with Crippen molar-refractivity contribution in [1.29, 1.82) is 0 Å². The Morgan fingerprint density at radius 3 is 2.50 bits per heavy atom. The number of hydrogen-bond acceptors (Lipinski definition) is 1. The van der Waals surface area contributed by atoms with Crippen molar-refractivity contribution in [2.45, 2.75) is 44.8 Å². The largest absolute Gasteiger partial charge is 0.128 e. The molecule has 0 aromatic rings. The third-order valence-corrected chi connectivity index (χ3v) is 3.09. The number of unbranched alkanes of at least 4 members (excludes halogenated alkanes) is 1. The molecule has 0 saturated carbocycles. The van der Waals surface area contributed by atoms with Gasteiger partial charge >= 0.3 is 0 Å². The van der Waals surface area contributed by atoms with Gasteiger partial charge in [0.25, 0.3) is 0 Å². The van der Waals surface area contributed by atoms with E-state index >= 15 is 0 Å². The van der Waals surface area contributed by atoms with E-state index in [4.69, 9.17) is 0 Å². The molecular formula is C13H22S. The molecule has 0 amide bonds. The Labute approximate surface area is 93.2 Å². The summed E-state index contributed by atoms with van der Waals surface area (Å²) in [5, 5.41) is 0.699. The van der Waals surface area contributed by atoms with Crippen LogP contribution >= 0.6 is 11.8 Å². The maximum atomic E-state index is 3.90. The standard InChI is InChI=1S/C13H22S/c1-6-12(4)9-7-8-10-13(5)14-11(2)3/h6,13H,1-2,4,7-10H2,3,5H3. The molecule has 0 nitrogen and oxygen atoms in total. The molecule has 0 N–H and O–H groups in total. The van der Waals surface area contributed by atoms with Gasteiger partial charge in [-0.2, -0.15) is 0 Å². The van der Waals surface area contributed by atoms with Gasteiger partial charge in [-0.25, -0.2) is 0 Å². The van der Waals surface area contributed by atoms with Crippen molar-refractivity contribution in [2.24, 2.45) is 0 Å². The minimum absolute atomic E-state index is 0.699. The second-order valence-corrected chi connectivity index (χ2v) is 5.48. The number of rotatable bonds is 8. The van der Waals surface area contributed by atoms with Crippen molar-refractivity contribution < 1.29 is 0 Å². The third-order valence-electron chi connectivity index (χ3n) is 2.05. The number of allylic oxidation sites excluding steroid dienone is 3. The molecule has 14 heavy (non-hydrogen) atoms. The highest BCUT2D eigenvalue weighted by atomic mass is 32.2. The van der Waals surface area contributed by atoms with E-state index in [2.05, 4.69) is 33.6 Å². The van der Waals surface area contributed by atoms with Crippen LogP contribution in [0, 0.1) is 0 Å². The molecule has 0 aliphatic heterocycles. The minimum Gasteiger partial charge on any atom is -0.128 e. The minimum atomic E-state index is 0.699. The zero-order valence-electron chi connectivity index (χ0n) is 9.51. The monoisotopic (exact) mass is 210 g/mol. The number of hydrogen-bond donors (Lipinski definition) is 0. The molecule has 0 radical (unpaired) electrons. The molecule has 0 aliphatic rings. The van der Waals surface area contributed by atoms with Crippen molar-refractivity contribution >= 4 is 11.8 Å². The van der Waals surface area contributed by atoms with Gasteiger partial charge in [0.1, 0.15) is 0 Å². The summed E-state index contributed by atoms with van der Waals surface area (Å²) in [6.07, 6.45) is 6.71. The van der Waals surface area contributed by atoms with Crippen LogP contribution in [-0.2, 0) is 0 Å². The highest BCUT2D eigenvalue weighted by Crippen LogP contribution is 2.23. The van der Waals surface area contributed by atoms with Crippen LogP contribution in [0.4, 0.5) is 0 Å². The smallest absolute Gasteiger partial charge is 0.00625 e. The van der Waals surface area contributed by atoms with E-state index in [1.165, 1.54) is 24.2 Å². The normalized spacial score (nSPS) is 12.1. The van der Waals surface area contributed by atoms with Crippen LogP contribution in [-0.4, -0.2) is 5.25 Å². The second-order valence-electron chi connectivity index (χ2n) is 3.74. The highest BCUT2D eigenvalue weighted by molar-refractivity contribution is 8.03. The van der Waals surface area contributed by atoms with E-state index in [9.17, 15) is 0 Å². The van der Waals surface area contributed by atoms with Gasteiger partial charge in [-0.3, -0.25) is 0 Å². The average Bonchev–Trinajstić information content (AvgIpc) is 2.10. The molecule has 0 aromatic heterocycles. The van der Waals surface area contributed by atoms with E-state index in [1.54, 1.807) is 0 Å². The van der Waals surface area contributed by atoms with Crippen LogP contribution in [0.25, 0.3) is 0 Å². The molecule has 0 fully saturated rings. The summed E-state index contributed by atoms with van der Waals surface area (Å²) < 4.78 is 0. The molecule has 0 saturated heterocycles. The van der Waals surface area contributed by atoms with Gasteiger partial charge in [-0.05, 0) is 31.1 Å². The first-order chi connectivity index (χ1) is 6.56. The lowest BCUT2D eigenvalue weighted by molar-refractivity contribution is 0.678.